The molecule has 58 valence electrons. The Labute approximate surface area is 58.9 Å². The Balaban J connectivity index is 3.91. The van der Waals surface area contributed by atoms with Crippen molar-refractivity contribution < 1.29 is 10.2 Å². The van der Waals surface area contributed by atoms with E-state index >= 15 is 0 Å². The quantitative estimate of drug-likeness (QED) is 0.341. The lowest BCUT2D eigenvalue weighted by atomic mass is 10.1. The summed E-state index contributed by atoms with van der Waals surface area (Å²) in [5.74, 6) is 0. The summed E-state index contributed by atoms with van der Waals surface area (Å²) >= 11 is 0. The summed E-state index contributed by atoms with van der Waals surface area (Å²) in [6, 6.07) is -0.505. The Morgan fingerprint density at radius 2 is 2.30 bits per heavy atom. The van der Waals surface area contributed by atoms with Gasteiger partial charge in [0.15, 0.2) is 0 Å². The molecule has 0 aliphatic heterocycles. The van der Waals surface area contributed by atoms with E-state index in [4.69, 9.17) is 15.7 Å². The lowest BCUT2D eigenvalue weighted by Gasteiger charge is -2.12. The number of aliphatic hydroxyl groups is 2. The first-order valence-electron chi connectivity index (χ1n) is 3.09. The van der Waals surface area contributed by atoms with E-state index in [0.29, 0.717) is 6.42 Å². The fourth-order valence-electron chi connectivity index (χ4n) is 0.619. The molecule has 0 aliphatic carbocycles. The highest BCUT2D eigenvalue weighted by atomic mass is 16.3. The molecule has 10 heavy (non-hydrogen) atoms. The average Bonchev–Trinajstić information content (AvgIpc) is 1.99. The number of aliphatic hydroxyl groups excluding tert-OH is 2. The molecule has 0 fully saturated rings. The molecule has 0 aliphatic rings. The minimum atomic E-state index is -0.930. The van der Waals surface area contributed by atoms with Crippen LogP contribution in [-0.2, 0) is 0 Å². The van der Waals surface area contributed by atoms with Crippen molar-refractivity contribution in [3.8, 4) is 0 Å². The number of hydrogen-bond acceptors (Lipinski definition) is 3. The lowest BCUT2D eigenvalue weighted by molar-refractivity contribution is 0.0733. The normalized spacial score (nSPS) is 15.5. The van der Waals surface area contributed by atoms with Gasteiger partial charge in [-0.15, -0.1) is 0 Å². The van der Waals surface area contributed by atoms with Crippen molar-refractivity contribution in [3.05, 3.63) is 10.4 Å². The van der Waals surface area contributed by atoms with Gasteiger partial charge in [-0.1, -0.05) is 12.0 Å². The van der Waals surface area contributed by atoms with E-state index in [0.717, 1.165) is 0 Å². The molecule has 0 saturated carbocycles. The lowest BCUT2D eigenvalue weighted by Crippen LogP contribution is -2.26. The first-order chi connectivity index (χ1) is 4.76. The topological polar surface area (TPSA) is 89.2 Å². The molecule has 2 N–H and O–H groups in total. The maximum absolute atomic E-state index is 8.93. The summed E-state index contributed by atoms with van der Waals surface area (Å²) in [5.41, 5.74) is 7.98. The van der Waals surface area contributed by atoms with Crippen molar-refractivity contribution in [2.75, 3.05) is 6.61 Å². The van der Waals surface area contributed by atoms with E-state index in [2.05, 4.69) is 10.0 Å². The average molecular weight is 145 g/mol. The van der Waals surface area contributed by atoms with E-state index in [1.165, 1.54) is 0 Å². The predicted octanol–water partition coefficient (Wildman–Crippen LogP) is 0.428. The molecule has 0 aromatic heterocycles. The zero-order chi connectivity index (χ0) is 7.98. The van der Waals surface area contributed by atoms with E-state index in [-0.39, 0.29) is 6.61 Å². The van der Waals surface area contributed by atoms with Crippen molar-refractivity contribution in [2.24, 2.45) is 5.11 Å². The Kier molecular flexibility index (Phi) is 4.66. The van der Waals surface area contributed by atoms with Crippen molar-refractivity contribution >= 4 is 0 Å². The zero-order valence-corrected chi connectivity index (χ0v) is 5.80. The molecule has 0 amide bonds. The van der Waals surface area contributed by atoms with Crippen LogP contribution in [-0.4, -0.2) is 29.0 Å². The first kappa shape index (κ1) is 9.23. The maximum atomic E-state index is 8.93. The summed E-state index contributed by atoms with van der Waals surface area (Å²) in [5, 5.41) is 20.6. The van der Waals surface area contributed by atoms with Gasteiger partial charge in [-0.05, 0) is 12.0 Å². The molecule has 0 aromatic carbocycles. The second kappa shape index (κ2) is 5.05. The molecule has 0 saturated heterocycles. The number of nitrogens with zero attached hydrogens (tertiary/aromatic N) is 3. The molecule has 0 unspecified atom stereocenters. The summed E-state index contributed by atoms with van der Waals surface area (Å²) in [6.45, 7) is 1.41. The van der Waals surface area contributed by atoms with Crippen LogP contribution in [0.25, 0.3) is 10.4 Å². The smallest absolute Gasteiger partial charge is 0.0855 e. The largest absolute Gasteiger partial charge is 0.394 e. The first-order valence-corrected chi connectivity index (χ1v) is 3.09. The third kappa shape index (κ3) is 2.68. The van der Waals surface area contributed by atoms with Gasteiger partial charge in [0.25, 0.3) is 0 Å². The molecule has 0 spiro atoms. The third-order valence-corrected chi connectivity index (χ3v) is 1.25. The second-order valence-electron chi connectivity index (χ2n) is 1.93. The van der Waals surface area contributed by atoms with Crippen molar-refractivity contribution in [2.45, 2.75) is 25.5 Å². The van der Waals surface area contributed by atoms with Crippen LogP contribution in [0.1, 0.15) is 13.3 Å². The van der Waals surface area contributed by atoms with Crippen LogP contribution < -0.4 is 0 Å². The summed E-state index contributed by atoms with van der Waals surface area (Å²) in [4.78, 5) is 2.53. The van der Waals surface area contributed by atoms with Gasteiger partial charge in [-0.2, -0.15) is 0 Å². The van der Waals surface area contributed by atoms with Crippen LogP contribution in [0.5, 0.6) is 0 Å². The van der Waals surface area contributed by atoms with Crippen molar-refractivity contribution in [1.82, 2.24) is 0 Å². The highest BCUT2D eigenvalue weighted by molar-refractivity contribution is 4.73. The van der Waals surface area contributed by atoms with Gasteiger partial charge in [0.1, 0.15) is 0 Å². The van der Waals surface area contributed by atoms with Gasteiger partial charge in [-0.25, -0.2) is 0 Å². The molecule has 0 rings (SSSR count). The monoisotopic (exact) mass is 145 g/mol. The van der Waals surface area contributed by atoms with Gasteiger partial charge in [0.2, 0.25) is 0 Å². The number of rotatable bonds is 4. The van der Waals surface area contributed by atoms with Crippen molar-refractivity contribution in [3.63, 3.8) is 0 Å². The van der Waals surface area contributed by atoms with Crippen LogP contribution in [0.3, 0.4) is 0 Å². The zero-order valence-electron chi connectivity index (χ0n) is 5.80. The fourth-order valence-corrected chi connectivity index (χ4v) is 0.619. The van der Waals surface area contributed by atoms with Crippen molar-refractivity contribution in [1.29, 1.82) is 0 Å². The molecule has 0 bridgehead atoms. The Bertz CT molecular complexity index is 133. The van der Waals surface area contributed by atoms with Gasteiger partial charge >= 0.3 is 0 Å². The molecular formula is C5H11N3O2. The van der Waals surface area contributed by atoms with Gasteiger partial charge in [0, 0.05) is 4.91 Å². The fraction of sp³-hybridized carbons (Fsp3) is 1.00. The molecular weight excluding hydrogens is 134 g/mol. The minimum Gasteiger partial charge on any atom is -0.394 e. The van der Waals surface area contributed by atoms with Crippen LogP contribution in [0, 0.1) is 0 Å². The Morgan fingerprint density at radius 1 is 1.70 bits per heavy atom. The minimum absolute atomic E-state index is 0.364. The van der Waals surface area contributed by atoms with Crippen LogP contribution in [0.2, 0.25) is 0 Å². The standard InChI is InChI=1S/C5H11N3O2/c1-2-4(7-8-6)5(10)3-9/h4-5,9-10H,2-3H2,1H3/t4-,5+/m1/s1. The highest BCUT2D eigenvalue weighted by Gasteiger charge is 2.13. The van der Waals surface area contributed by atoms with Crippen LogP contribution in [0.15, 0.2) is 5.11 Å². The van der Waals surface area contributed by atoms with Gasteiger partial charge in [0.05, 0.1) is 18.8 Å². The van der Waals surface area contributed by atoms with Gasteiger partial charge < -0.3 is 10.2 Å². The molecule has 0 heterocycles. The molecule has 5 nitrogen and oxygen atoms in total. The summed E-state index contributed by atoms with van der Waals surface area (Å²) < 4.78 is 0. The predicted molar refractivity (Wildman–Crippen MR) is 36.3 cm³/mol. The van der Waals surface area contributed by atoms with Gasteiger partial charge in [-0.3, -0.25) is 0 Å². The van der Waals surface area contributed by atoms with E-state index < -0.39 is 12.1 Å². The number of hydrogen-bond donors (Lipinski definition) is 2. The summed E-state index contributed by atoms with van der Waals surface area (Å²) in [7, 11) is 0. The Hall–Kier alpha value is -0.770. The summed E-state index contributed by atoms with van der Waals surface area (Å²) in [6.07, 6.45) is -0.396. The second-order valence-corrected chi connectivity index (χ2v) is 1.93. The van der Waals surface area contributed by atoms with E-state index in [1.54, 1.807) is 6.92 Å². The molecule has 0 radical (unpaired) electrons. The van der Waals surface area contributed by atoms with E-state index in [9.17, 15) is 0 Å². The maximum Gasteiger partial charge on any atom is 0.0855 e. The van der Waals surface area contributed by atoms with E-state index in [1.807, 2.05) is 0 Å². The van der Waals surface area contributed by atoms with Crippen LogP contribution >= 0.6 is 0 Å². The Morgan fingerprint density at radius 3 is 2.60 bits per heavy atom. The SMILES string of the molecule is CC[C@@H](N=[N+]=[N-])[C@@H](O)CO. The highest BCUT2D eigenvalue weighted by Crippen LogP contribution is 2.03. The molecule has 0 aromatic rings. The number of azide groups is 1. The van der Waals surface area contributed by atoms with Crippen LogP contribution in [0.4, 0.5) is 0 Å². The third-order valence-electron chi connectivity index (χ3n) is 1.25. The molecule has 5 heteroatoms. The molecule has 2 atom stereocenters.